The summed E-state index contributed by atoms with van der Waals surface area (Å²) in [5.41, 5.74) is 7.92. The molecule has 0 bridgehead atoms. The van der Waals surface area contributed by atoms with Crippen LogP contribution in [-0.2, 0) is 0 Å². The van der Waals surface area contributed by atoms with Crippen molar-refractivity contribution in [1.82, 2.24) is 14.8 Å². The Morgan fingerprint density at radius 3 is 2.80 bits per heavy atom. The van der Waals surface area contributed by atoms with Crippen molar-refractivity contribution in [3.63, 3.8) is 0 Å². The molecule has 0 unspecified atom stereocenters. The zero-order valence-electron chi connectivity index (χ0n) is 13.0. The molecule has 3 aromatic rings. The second-order valence-electron chi connectivity index (χ2n) is 5.91. The third-order valence-electron chi connectivity index (χ3n) is 4.28. The van der Waals surface area contributed by atoms with Crippen molar-refractivity contribution in [2.24, 2.45) is 0 Å². The number of nitrogen functional groups attached to an aromatic ring is 1. The summed E-state index contributed by atoms with van der Waals surface area (Å²) in [4.78, 5) is 4.31. The van der Waals surface area contributed by atoms with Gasteiger partial charge in [0.15, 0.2) is 0 Å². The molecule has 0 radical (unpaired) electrons. The average Bonchev–Trinajstić information content (AvgIpc) is 2.94. The van der Waals surface area contributed by atoms with Crippen LogP contribution in [0.25, 0.3) is 0 Å². The fourth-order valence-electron chi connectivity index (χ4n) is 3.17. The van der Waals surface area contributed by atoms with E-state index in [0.29, 0.717) is 16.0 Å². The standard InChI is InChI=1S/C17H14BrCl2N5/c18-10-3-1-2-9(6-10)15-8-14(12-5-4-11(19)7-13(12)20)22-17-23-16(21)24-25(15)17/h1-7,14-15H,8H2,(H3,21,22,23,24)/t14-,15+/m0/s1. The number of benzene rings is 2. The number of hydrogen-bond acceptors (Lipinski definition) is 4. The summed E-state index contributed by atoms with van der Waals surface area (Å²) in [6, 6.07) is 13.7. The highest BCUT2D eigenvalue weighted by atomic mass is 79.9. The molecular weight excluding hydrogens is 425 g/mol. The number of nitrogens with two attached hydrogens (primary N) is 1. The number of fused-ring (bicyclic) bond motifs is 1. The predicted octanol–water partition coefficient (Wildman–Crippen LogP) is 5.08. The first-order chi connectivity index (χ1) is 12.0. The Morgan fingerprint density at radius 2 is 2.04 bits per heavy atom. The Kier molecular flexibility index (Phi) is 4.35. The summed E-state index contributed by atoms with van der Waals surface area (Å²) in [6.45, 7) is 0. The SMILES string of the molecule is Nc1nc2n(n1)[C@@H](c1cccc(Br)c1)C[C@@H](c1ccc(Cl)cc1Cl)N2. The van der Waals surface area contributed by atoms with Crippen LogP contribution in [-0.4, -0.2) is 14.8 Å². The monoisotopic (exact) mass is 437 g/mol. The summed E-state index contributed by atoms with van der Waals surface area (Å²) in [6.07, 6.45) is 0.758. The first-order valence-corrected chi connectivity index (χ1v) is 9.25. The number of nitrogens with one attached hydrogen (secondary N) is 1. The minimum Gasteiger partial charge on any atom is -0.366 e. The molecule has 2 atom stereocenters. The zero-order chi connectivity index (χ0) is 17.6. The van der Waals surface area contributed by atoms with Gasteiger partial charge in [0.2, 0.25) is 11.9 Å². The highest BCUT2D eigenvalue weighted by Gasteiger charge is 2.31. The van der Waals surface area contributed by atoms with E-state index in [1.165, 1.54) is 0 Å². The van der Waals surface area contributed by atoms with Crippen molar-refractivity contribution >= 4 is 51.0 Å². The molecule has 3 N–H and O–H groups in total. The zero-order valence-corrected chi connectivity index (χ0v) is 16.1. The lowest BCUT2D eigenvalue weighted by Crippen LogP contribution is -2.28. The number of aromatic nitrogens is 3. The van der Waals surface area contributed by atoms with Crippen molar-refractivity contribution in [2.75, 3.05) is 11.1 Å². The lowest BCUT2D eigenvalue weighted by molar-refractivity contribution is 0.431. The van der Waals surface area contributed by atoms with Gasteiger partial charge in [0.05, 0.1) is 12.1 Å². The van der Waals surface area contributed by atoms with Crippen molar-refractivity contribution in [2.45, 2.75) is 18.5 Å². The molecule has 0 saturated carbocycles. The number of nitrogens with zero attached hydrogens (tertiary/aromatic N) is 3. The van der Waals surface area contributed by atoms with Crippen LogP contribution in [0, 0.1) is 0 Å². The highest BCUT2D eigenvalue weighted by Crippen LogP contribution is 2.40. The fraction of sp³-hybridized carbons (Fsp3) is 0.176. The molecule has 0 saturated heterocycles. The molecule has 128 valence electrons. The Morgan fingerprint density at radius 1 is 1.20 bits per heavy atom. The van der Waals surface area contributed by atoms with Crippen LogP contribution >= 0.6 is 39.1 Å². The minimum absolute atomic E-state index is 0.00436. The number of halogens is 3. The van der Waals surface area contributed by atoms with Crippen LogP contribution in [0.15, 0.2) is 46.9 Å². The van der Waals surface area contributed by atoms with E-state index < -0.39 is 0 Å². The second-order valence-corrected chi connectivity index (χ2v) is 7.67. The van der Waals surface area contributed by atoms with Gasteiger partial charge in [0.1, 0.15) is 0 Å². The highest BCUT2D eigenvalue weighted by molar-refractivity contribution is 9.10. The van der Waals surface area contributed by atoms with E-state index >= 15 is 0 Å². The van der Waals surface area contributed by atoms with Gasteiger partial charge in [-0.2, -0.15) is 4.98 Å². The van der Waals surface area contributed by atoms with E-state index in [0.717, 1.165) is 22.0 Å². The van der Waals surface area contributed by atoms with Gasteiger partial charge in [-0.1, -0.05) is 57.3 Å². The molecule has 2 heterocycles. The molecule has 0 spiro atoms. The molecule has 0 amide bonds. The van der Waals surface area contributed by atoms with Gasteiger partial charge in [-0.25, -0.2) is 4.68 Å². The van der Waals surface area contributed by atoms with E-state index in [9.17, 15) is 0 Å². The summed E-state index contributed by atoms with van der Waals surface area (Å²) in [5.74, 6) is 0.870. The Labute approximate surface area is 163 Å². The van der Waals surface area contributed by atoms with Gasteiger partial charge in [0.25, 0.3) is 0 Å². The number of anilines is 2. The van der Waals surface area contributed by atoms with Gasteiger partial charge in [0, 0.05) is 14.5 Å². The lowest BCUT2D eigenvalue weighted by atomic mass is 9.93. The van der Waals surface area contributed by atoms with Crippen LogP contribution < -0.4 is 11.1 Å². The Balaban J connectivity index is 1.78. The molecule has 5 nitrogen and oxygen atoms in total. The maximum Gasteiger partial charge on any atom is 0.241 e. The fourth-order valence-corrected chi connectivity index (χ4v) is 4.13. The van der Waals surface area contributed by atoms with Crippen LogP contribution in [0.3, 0.4) is 0 Å². The molecular formula is C17H14BrCl2N5. The Bertz CT molecular complexity index is 943. The molecule has 0 fully saturated rings. The molecule has 1 aromatic heterocycles. The van der Waals surface area contributed by atoms with Crippen molar-refractivity contribution in [3.05, 3.63) is 68.1 Å². The van der Waals surface area contributed by atoms with E-state index in [-0.39, 0.29) is 18.0 Å². The van der Waals surface area contributed by atoms with Gasteiger partial charge >= 0.3 is 0 Å². The van der Waals surface area contributed by atoms with Gasteiger partial charge < -0.3 is 11.1 Å². The van der Waals surface area contributed by atoms with Crippen molar-refractivity contribution < 1.29 is 0 Å². The van der Waals surface area contributed by atoms with Crippen LogP contribution in [0.1, 0.15) is 29.6 Å². The van der Waals surface area contributed by atoms with E-state index in [1.54, 1.807) is 6.07 Å². The summed E-state index contributed by atoms with van der Waals surface area (Å²) in [5, 5.41) is 8.97. The minimum atomic E-state index is -0.0233. The second kappa shape index (κ2) is 6.52. The summed E-state index contributed by atoms with van der Waals surface area (Å²) in [7, 11) is 0. The van der Waals surface area contributed by atoms with E-state index in [2.05, 4.69) is 43.5 Å². The average molecular weight is 439 g/mol. The topological polar surface area (TPSA) is 68.8 Å². The maximum atomic E-state index is 6.41. The number of hydrogen-bond donors (Lipinski definition) is 2. The molecule has 1 aliphatic heterocycles. The van der Waals surface area contributed by atoms with Gasteiger partial charge in [-0.3, -0.25) is 0 Å². The Hall–Kier alpha value is -1.76. The van der Waals surface area contributed by atoms with Crippen molar-refractivity contribution in [1.29, 1.82) is 0 Å². The quantitative estimate of drug-likeness (QED) is 0.585. The van der Waals surface area contributed by atoms with E-state index in [1.807, 2.05) is 28.9 Å². The smallest absolute Gasteiger partial charge is 0.241 e. The molecule has 25 heavy (non-hydrogen) atoms. The first-order valence-electron chi connectivity index (χ1n) is 7.70. The van der Waals surface area contributed by atoms with E-state index in [4.69, 9.17) is 28.9 Å². The lowest BCUT2D eigenvalue weighted by Gasteiger charge is -2.32. The van der Waals surface area contributed by atoms with Crippen LogP contribution in [0.5, 0.6) is 0 Å². The van der Waals surface area contributed by atoms with Crippen LogP contribution in [0.2, 0.25) is 10.0 Å². The van der Waals surface area contributed by atoms with Gasteiger partial charge in [-0.05, 0) is 41.8 Å². The summed E-state index contributed by atoms with van der Waals surface area (Å²) < 4.78 is 2.84. The molecule has 2 aromatic carbocycles. The number of rotatable bonds is 2. The third kappa shape index (κ3) is 3.21. The van der Waals surface area contributed by atoms with Crippen molar-refractivity contribution in [3.8, 4) is 0 Å². The molecule has 8 heteroatoms. The van der Waals surface area contributed by atoms with Gasteiger partial charge in [-0.15, -0.1) is 5.10 Å². The first kappa shape index (κ1) is 16.7. The molecule has 1 aliphatic rings. The summed E-state index contributed by atoms with van der Waals surface area (Å²) >= 11 is 16.0. The molecule has 0 aliphatic carbocycles. The normalized spacial score (nSPS) is 19.3. The molecule has 4 rings (SSSR count). The third-order valence-corrected chi connectivity index (χ3v) is 5.33. The van der Waals surface area contributed by atoms with Crippen LogP contribution in [0.4, 0.5) is 11.9 Å². The maximum absolute atomic E-state index is 6.41. The largest absolute Gasteiger partial charge is 0.366 e. The predicted molar refractivity (Wildman–Crippen MR) is 104 cm³/mol.